The van der Waals surface area contributed by atoms with Crippen LogP contribution in [0.1, 0.15) is 39.2 Å². The zero-order chi connectivity index (χ0) is 15.4. The zero-order valence-corrected chi connectivity index (χ0v) is 13.4. The molecule has 1 amide bonds. The molecule has 0 aliphatic heterocycles. The number of nitrogen functional groups attached to an aromatic ring is 1. The molecule has 4 nitrogen and oxygen atoms in total. The van der Waals surface area contributed by atoms with Crippen LogP contribution in [0.4, 0.5) is 5.69 Å². The number of anilines is 1. The van der Waals surface area contributed by atoms with Crippen LogP contribution in [0.5, 0.6) is 0 Å². The molecule has 0 unspecified atom stereocenters. The fraction of sp³-hybridized carbons (Fsp3) is 0.588. The number of likely N-dealkylation sites (N-methyl/N-ethyl adjacent to an activating group) is 1. The van der Waals surface area contributed by atoms with Gasteiger partial charge in [0.15, 0.2) is 0 Å². The zero-order valence-electron chi connectivity index (χ0n) is 13.4. The summed E-state index contributed by atoms with van der Waals surface area (Å²) in [7, 11) is 0. The highest BCUT2D eigenvalue weighted by Crippen LogP contribution is 2.27. The summed E-state index contributed by atoms with van der Waals surface area (Å²) in [6.07, 6.45) is 2.32. The molecule has 0 aromatic heterocycles. The Kier molecular flexibility index (Phi) is 5.23. The molecule has 1 saturated carbocycles. The molecule has 1 aromatic carbocycles. The molecule has 0 heterocycles. The molecule has 1 aromatic rings. The van der Waals surface area contributed by atoms with Crippen molar-refractivity contribution in [2.45, 2.75) is 52.2 Å². The van der Waals surface area contributed by atoms with Gasteiger partial charge in [0, 0.05) is 30.9 Å². The fourth-order valence-corrected chi connectivity index (χ4v) is 2.61. The number of nitrogens with two attached hydrogens (primary N) is 1. The van der Waals surface area contributed by atoms with Crippen molar-refractivity contribution in [2.24, 2.45) is 0 Å². The lowest BCUT2D eigenvalue weighted by atomic mass is 10.1. The van der Waals surface area contributed by atoms with Gasteiger partial charge in [0.2, 0.25) is 5.91 Å². The summed E-state index contributed by atoms with van der Waals surface area (Å²) in [5, 5.41) is 0. The van der Waals surface area contributed by atoms with E-state index in [1.54, 1.807) is 0 Å². The van der Waals surface area contributed by atoms with Crippen LogP contribution in [0.15, 0.2) is 24.3 Å². The van der Waals surface area contributed by atoms with Crippen molar-refractivity contribution in [3.8, 4) is 0 Å². The van der Waals surface area contributed by atoms with E-state index in [0.717, 1.165) is 37.2 Å². The van der Waals surface area contributed by atoms with E-state index < -0.39 is 0 Å². The number of nitrogens with zero attached hydrogens (tertiary/aromatic N) is 2. The number of rotatable bonds is 7. The van der Waals surface area contributed by atoms with Gasteiger partial charge in [-0.05, 0) is 45.2 Å². The van der Waals surface area contributed by atoms with E-state index in [4.69, 9.17) is 5.73 Å². The highest BCUT2D eigenvalue weighted by molar-refractivity contribution is 5.79. The molecular formula is C17H27N3O. The molecule has 2 N–H and O–H groups in total. The van der Waals surface area contributed by atoms with E-state index in [9.17, 15) is 4.79 Å². The Morgan fingerprint density at radius 3 is 2.52 bits per heavy atom. The van der Waals surface area contributed by atoms with Gasteiger partial charge in [-0.2, -0.15) is 0 Å². The molecule has 1 aliphatic rings. The summed E-state index contributed by atoms with van der Waals surface area (Å²) in [5.41, 5.74) is 7.91. The van der Waals surface area contributed by atoms with Gasteiger partial charge in [0.25, 0.3) is 0 Å². The Hall–Kier alpha value is -1.55. The maximum absolute atomic E-state index is 12.5. The first-order valence-corrected chi connectivity index (χ1v) is 7.89. The van der Waals surface area contributed by atoms with Gasteiger partial charge in [0.05, 0.1) is 6.54 Å². The molecule has 0 bridgehead atoms. The third kappa shape index (κ3) is 4.21. The Bertz CT molecular complexity index is 483. The smallest absolute Gasteiger partial charge is 0.237 e. The number of amides is 1. The molecule has 0 radical (unpaired) electrons. The number of hydrogen-bond acceptors (Lipinski definition) is 3. The summed E-state index contributed by atoms with van der Waals surface area (Å²) in [5.74, 6) is 0.239. The highest BCUT2D eigenvalue weighted by Gasteiger charge is 2.32. The van der Waals surface area contributed by atoms with Crippen molar-refractivity contribution in [2.75, 3.05) is 18.8 Å². The first-order chi connectivity index (χ1) is 10.0. The number of hydrogen-bond donors (Lipinski definition) is 1. The number of carbonyl (C=O) groups is 1. The van der Waals surface area contributed by atoms with Gasteiger partial charge >= 0.3 is 0 Å². The Morgan fingerprint density at radius 1 is 1.33 bits per heavy atom. The van der Waals surface area contributed by atoms with Crippen LogP contribution in [-0.2, 0) is 11.3 Å². The predicted octanol–water partition coefficient (Wildman–Crippen LogP) is 2.49. The summed E-state index contributed by atoms with van der Waals surface area (Å²) < 4.78 is 0. The first kappa shape index (κ1) is 15.8. The van der Waals surface area contributed by atoms with Crippen LogP contribution in [0, 0.1) is 0 Å². The lowest BCUT2D eigenvalue weighted by molar-refractivity contribution is -0.133. The van der Waals surface area contributed by atoms with Gasteiger partial charge in [-0.3, -0.25) is 9.69 Å². The van der Waals surface area contributed by atoms with Gasteiger partial charge < -0.3 is 10.6 Å². The molecule has 0 atom stereocenters. The quantitative estimate of drug-likeness (QED) is 0.785. The van der Waals surface area contributed by atoms with Crippen molar-refractivity contribution in [1.29, 1.82) is 0 Å². The van der Waals surface area contributed by atoms with E-state index in [1.165, 1.54) is 0 Å². The Labute approximate surface area is 127 Å². The number of para-hydroxylation sites is 1. The molecular weight excluding hydrogens is 262 g/mol. The molecule has 21 heavy (non-hydrogen) atoms. The predicted molar refractivity (Wildman–Crippen MR) is 86.8 cm³/mol. The minimum Gasteiger partial charge on any atom is -0.398 e. The standard InChI is InChI=1S/C17H27N3O/c1-4-20(15-9-10-15)17(21)12-19(13(2)3)11-14-7-5-6-8-16(14)18/h5-8,13,15H,4,9-12,18H2,1-3H3. The van der Waals surface area contributed by atoms with E-state index >= 15 is 0 Å². The van der Waals surface area contributed by atoms with Crippen LogP contribution in [0.25, 0.3) is 0 Å². The lowest BCUT2D eigenvalue weighted by Gasteiger charge is -2.29. The Morgan fingerprint density at radius 2 is 2.00 bits per heavy atom. The van der Waals surface area contributed by atoms with Crippen molar-refractivity contribution < 1.29 is 4.79 Å². The van der Waals surface area contributed by atoms with E-state index in [-0.39, 0.29) is 5.91 Å². The molecule has 1 aliphatic carbocycles. The fourth-order valence-electron chi connectivity index (χ4n) is 2.61. The topological polar surface area (TPSA) is 49.6 Å². The molecule has 1 fully saturated rings. The maximum Gasteiger partial charge on any atom is 0.237 e. The van der Waals surface area contributed by atoms with Crippen molar-refractivity contribution >= 4 is 11.6 Å². The van der Waals surface area contributed by atoms with Gasteiger partial charge in [-0.1, -0.05) is 18.2 Å². The summed E-state index contributed by atoms with van der Waals surface area (Å²) in [4.78, 5) is 16.7. The molecule has 0 saturated heterocycles. The van der Waals surface area contributed by atoms with Crippen molar-refractivity contribution in [1.82, 2.24) is 9.80 Å². The summed E-state index contributed by atoms with van der Waals surface area (Å²) in [6.45, 7) is 8.31. The summed E-state index contributed by atoms with van der Waals surface area (Å²) >= 11 is 0. The Balaban J connectivity index is 2.02. The third-order valence-corrected chi connectivity index (χ3v) is 4.15. The van der Waals surface area contributed by atoms with Crippen LogP contribution >= 0.6 is 0 Å². The minimum absolute atomic E-state index is 0.239. The maximum atomic E-state index is 12.5. The van der Waals surface area contributed by atoms with Crippen molar-refractivity contribution in [3.63, 3.8) is 0 Å². The van der Waals surface area contributed by atoms with Gasteiger partial charge in [-0.15, -0.1) is 0 Å². The van der Waals surface area contributed by atoms with Crippen LogP contribution in [0.3, 0.4) is 0 Å². The first-order valence-electron chi connectivity index (χ1n) is 7.89. The van der Waals surface area contributed by atoms with E-state index in [0.29, 0.717) is 18.6 Å². The second kappa shape index (κ2) is 6.94. The average molecular weight is 289 g/mol. The SMILES string of the molecule is CCN(C(=O)CN(Cc1ccccc1N)C(C)C)C1CC1. The van der Waals surface area contributed by atoms with Gasteiger partial charge in [0.1, 0.15) is 0 Å². The second-order valence-corrected chi connectivity index (χ2v) is 6.11. The van der Waals surface area contributed by atoms with Gasteiger partial charge in [-0.25, -0.2) is 0 Å². The molecule has 4 heteroatoms. The van der Waals surface area contributed by atoms with Crippen LogP contribution < -0.4 is 5.73 Å². The monoisotopic (exact) mass is 289 g/mol. The number of benzene rings is 1. The van der Waals surface area contributed by atoms with Crippen molar-refractivity contribution in [3.05, 3.63) is 29.8 Å². The highest BCUT2D eigenvalue weighted by atomic mass is 16.2. The average Bonchev–Trinajstić information content (AvgIpc) is 3.25. The van der Waals surface area contributed by atoms with E-state index in [1.807, 2.05) is 29.2 Å². The second-order valence-electron chi connectivity index (χ2n) is 6.11. The summed E-state index contributed by atoms with van der Waals surface area (Å²) in [6, 6.07) is 8.68. The third-order valence-electron chi connectivity index (χ3n) is 4.15. The normalized spacial score (nSPS) is 14.7. The molecule has 2 rings (SSSR count). The molecule has 0 spiro atoms. The lowest BCUT2D eigenvalue weighted by Crippen LogP contribution is -2.43. The number of carbonyl (C=O) groups excluding carboxylic acids is 1. The van der Waals surface area contributed by atoms with E-state index in [2.05, 4.69) is 25.7 Å². The molecule has 116 valence electrons. The largest absolute Gasteiger partial charge is 0.398 e. The van der Waals surface area contributed by atoms with Crippen LogP contribution in [-0.4, -0.2) is 40.9 Å². The minimum atomic E-state index is 0.239. The van der Waals surface area contributed by atoms with Crippen LogP contribution in [0.2, 0.25) is 0 Å².